The van der Waals surface area contributed by atoms with Crippen molar-refractivity contribution in [3.05, 3.63) is 23.9 Å². The minimum Gasteiger partial charge on any atom is -0.481 e. The number of nitrogens with zero attached hydrogens (tertiary/aromatic N) is 2. The first-order valence-electron chi connectivity index (χ1n) is 6.21. The van der Waals surface area contributed by atoms with Gasteiger partial charge in [0.2, 0.25) is 5.88 Å². The Morgan fingerprint density at radius 1 is 1.39 bits per heavy atom. The highest BCUT2D eigenvalue weighted by molar-refractivity contribution is 5.93. The molecule has 0 bridgehead atoms. The van der Waals surface area contributed by atoms with Crippen LogP contribution in [0.5, 0.6) is 5.88 Å². The average Bonchev–Trinajstić information content (AvgIpc) is 2.43. The van der Waals surface area contributed by atoms with Crippen molar-refractivity contribution in [3.63, 3.8) is 0 Å². The number of ether oxygens (including phenoxy) is 1. The molecule has 1 amide bonds. The molecule has 0 radical (unpaired) electrons. The van der Waals surface area contributed by atoms with Crippen molar-refractivity contribution >= 4 is 5.91 Å². The van der Waals surface area contributed by atoms with Gasteiger partial charge in [-0.3, -0.25) is 4.79 Å². The van der Waals surface area contributed by atoms with Crippen molar-refractivity contribution < 1.29 is 9.53 Å². The summed E-state index contributed by atoms with van der Waals surface area (Å²) in [4.78, 5) is 18.0. The second-order valence-corrected chi connectivity index (χ2v) is 3.87. The number of likely N-dealkylation sites (N-methyl/N-ethyl adjacent to an activating group) is 1. The van der Waals surface area contributed by atoms with Gasteiger partial charge in [0, 0.05) is 25.4 Å². The van der Waals surface area contributed by atoms with E-state index in [0.29, 0.717) is 18.0 Å². The van der Waals surface area contributed by atoms with E-state index < -0.39 is 0 Å². The molecule has 5 heteroatoms. The van der Waals surface area contributed by atoms with E-state index in [2.05, 4.69) is 29.0 Å². The third-order valence-electron chi connectivity index (χ3n) is 2.82. The lowest BCUT2D eigenvalue weighted by atomic mass is 10.2. The van der Waals surface area contributed by atoms with Crippen LogP contribution in [0.15, 0.2) is 18.3 Å². The Morgan fingerprint density at radius 3 is 2.61 bits per heavy atom. The highest BCUT2D eigenvalue weighted by Gasteiger charge is 2.06. The standard InChI is InChI=1S/C13H21N3O2/c1-4-16(5-2)9-8-14-13(17)11-6-7-12(18-3)15-10-11/h6-7,10H,4-5,8-9H2,1-3H3,(H,14,17). The molecule has 18 heavy (non-hydrogen) atoms. The monoisotopic (exact) mass is 251 g/mol. The minimum atomic E-state index is -0.0997. The van der Waals surface area contributed by atoms with E-state index in [4.69, 9.17) is 4.74 Å². The number of amides is 1. The van der Waals surface area contributed by atoms with Crippen molar-refractivity contribution in [3.8, 4) is 5.88 Å². The molecule has 1 aromatic rings. The van der Waals surface area contributed by atoms with Crippen LogP contribution in [0, 0.1) is 0 Å². The van der Waals surface area contributed by atoms with Crippen LogP contribution < -0.4 is 10.1 Å². The van der Waals surface area contributed by atoms with E-state index in [0.717, 1.165) is 19.6 Å². The summed E-state index contributed by atoms with van der Waals surface area (Å²) in [6.07, 6.45) is 1.52. The Balaban J connectivity index is 2.40. The van der Waals surface area contributed by atoms with Crippen molar-refractivity contribution in [2.75, 3.05) is 33.3 Å². The molecule has 0 aliphatic carbocycles. The van der Waals surface area contributed by atoms with E-state index in [1.165, 1.54) is 6.20 Å². The highest BCUT2D eigenvalue weighted by Crippen LogP contribution is 2.06. The summed E-state index contributed by atoms with van der Waals surface area (Å²) in [5.74, 6) is 0.409. The Morgan fingerprint density at radius 2 is 2.11 bits per heavy atom. The van der Waals surface area contributed by atoms with E-state index >= 15 is 0 Å². The number of carbonyl (C=O) groups is 1. The van der Waals surface area contributed by atoms with Gasteiger partial charge in [0.05, 0.1) is 12.7 Å². The molecule has 1 rings (SSSR count). The molecule has 0 unspecified atom stereocenters. The normalized spacial score (nSPS) is 10.4. The quantitative estimate of drug-likeness (QED) is 0.790. The van der Waals surface area contributed by atoms with Gasteiger partial charge < -0.3 is 15.0 Å². The molecule has 1 aromatic heterocycles. The molecule has 0 aliphatic heterocycles. The van der Waals surface area contributed by atoms with E-state index in [-0.39, 0.29) is 5.91 Å². The fourth-order valence-electron chi connectivity index (χ4n) is 1.60. The van der Waals surface area contributed by atoms with E-state index in [9.17, 15) is 4.79 Å². The van der Waals surface area contributed by atoms with Crippen LogP contribution in [-0.4, -0.2) is 49.1 Å². The Bertz CT molecular complexity index is 361. The largest absolute Gasteiger partial charge is 0.481 e. The van der Waals surface area contributed by atoms with Crippen LogP contribution in [0.3, 0.4) is 0 Å². The predicted octanol–water partition coefficient (Wildman–Crippen LogP) is 1.16. The summed E-state index contributed by atoms with van der Waals surface area (Å²) in [5.41, 5.74) is 0.551. The predicted molar refractivity (Wildman–Crippen MR) is 70.9 cm³/mol. The maximum atomic E-state index is 11.8. The van der Waals surface area contributed by atoms with Crippen LogP contribution in [-0.2, 0) is 0 Å². The fraction of sp³-hybridized carbons (Fsp3) is 0.538. The zero-order chi connectivity index (χ0) is 13.4. The van der Waals surface area contributed by atoms with Gasteiger partial charge in [-0.05, 0) is 19.2 Å². The molecule has 100 valence electrons. The molecule has 5 nitrogen and oxygen atoms in total. The first-order valence-corrected chi connectivity index (χ1v) is 6.21. The van der Waals surface area contributed by atoms with Crippen LogP contribution in [0.25, 0.3) is 0 Å². The number of hydrogen-bond acceptors (Lipinski definition) is 4. The van der Waals surface area contributed by atoms with Crippen LogP contribution in [0.4, 0.5) is 0 Å². The lowest BCUT2D eigenvalue weighted by Gasteiger charge is -2.17. The average molecular weight is 251 g/mol. The molecule has 0 aliphatic rings. The molecule has 1 heterocycles. The SMILES string of the molecule is CCN(CC)CCNC(=O)c1ccc(OC)nc1. The van der Waals surface area contributed by atoms with Crippen molar-refractivity contribution in [2.45, 2.75) is 13.8 Å². The zero-order valence-electron chi connectivity index (χ0n) is 11.3. The Hall–Kier alpha value is -1.62. The highest BCUT2D eigenvalue weighted by atomic mass is 16.5. The maximum Gasteiger partial charge on any atom is 0.252 e. The minimum absolute atomic E-state index is 0.0997. The van der Waals surface area contributed by atoms with Crippen LogP contribution >= 0.6 is 0 Å². The number of rotatable bonds is 7. The molecule has 0 aromatic carbocycles. The molecule has 1 N–H and O–H groups in total. The molecular formula is C13H21N3O2. The van der Waals surface area contributed by atoms with Crippen LogP contribution in [0.2, 0.25) is 0 Å². The second kappa shape index (κ2) is 7.66. The molecule has 0 saturated heterocycles. The van der Waals surface area contributed by atoms with Crippen LogP contribution in [0.1, 0.15) is 24.2 Å². The molecule has 0 saturated carbocycles. The first kappa shape index (κ1) is 14.4. The number of carbonyl (C=O) groups excluding carboxylic acids is 1. The maximum absolute atomic E-state index is 11.8. The van der Waals surface area contributed by atoms with Crippen molar-refractivity contribution in [1.82, 2.24) is 15.2 Å². The summed E-state index contributed by atoms with van der Waals surface area (Å²) in [5, 5.41) is 2.87. The summed E-state index contributed by atoms with van der Waals surface area (Å²) in [6.45, 7) is 7.72. The Kier molecular flexibility index (Phi) is 6.14. The van der Waals surface area contributed by atoms with Gasteiger partial charge in [-0.25, -0.2) is 4.98 Å². The van der Waals surface area contributed by atoms with Gasteiger partial charge in [-0.2, -0.15) is 0 Å². The summed E-state index contributed by atoms with van der Waals surface area (Å²) in [6, 6.07) is 3.39. The number of pyridine rings is 1. The summed E-state index contributed by atoms with van der Waals surface area (Å²) >= 11 is 0. The smallest absolute Gasteiger partial charge is 0.252 e. The molecule has 0 fully saturated rings. The van der Waals surface area contributed by atoms with Crippen molar-refractivity contribution in [2.24, 2.45) is 0 Å². The van der Waals surface area contributed by atoms with E-state index in [1.54, 1.807) is 19.2 Å². The zero-order valence-corrected chi connectivity index (χ0v) is 11.3. The van der Waals surface area contributed by atoms with Gasteiger partial charge in [0.1, 0.15) is 0 Å². The molecular weight excluding hydrogens is 230 g/mol. The number of nitrogens with one attached hydrogen (secondary N) is 1. The summed E-state index contributed by atoms with van der Waals surface area (Å²) in [7, 11) is 1.55. The third-order valence-corrected chi connectivity index (χ3v) is 2.82. The van der Waals surface area contributed by atoms with Gasteiger partial charge in [0.25, 0.3) is 5.91 Å². The van der Waals surface area contributed by atoms with Gasteiger partial charge in [-0.15, -0.1) is 0 Å². The Labute approximate surface area is 108 Å². The number of methoxy groups -OCH3 is 1. The second-order valence-electron chi connectivity index (χ2n) is 3.87. The molecule has 0 spiro atoms. The van der Waals surface area contributed by atoms with Crippen molar-refractivity contribution in [1.29, 1.82) is 0 Å². The lowest BCUT2D eigenvalue weighted by molar-refractivity contribution is 0.0948. The van der Waals surface area contributed by atoms with Gasteiger partial charge in [-0.1, -0.05) is 13.8 Å². The number of aromatic nitrogens is 1. The number of hydrogen-bond donors (Lipinski definition) is 1. The topological polar surface area (TPSA) is 54.5 Å². The third kappa shape index (κ3) is 4.33. The lowest BCUT2D eigenvalue weighted by Crippen LogP contribution is -2.34. The first-order chi connectivity index (χ1) is 8.71. The molecule has 0 atom stereocenters. The fourth-order valence-corrected chi connectivity index (χ4v) is 1.60. The van der Waals surface area contributed by atoms with E-state index in [1.807, 2.05) is 0 Å². The van der Waals surface area contributed by atoms with Gasteiger partial charge in [0.15, 0.2) is 0 Å². The van der Waals surface area contributed by atoms with Gasteiger partial charge >= 0.3 is 0 Å². The summed E-state index contributed by atoms with van der Waals surface area (Å²) < 4.78 is 4.94.